The van der Waals surface area contributed by atoms with E-state index in [1.165, 1.54) is 11.1 Å². The third kappa shape index (κ3) is 2.62. The van der Waals surface area contributed by atoms with Crippen molar-refractivity contribution in [1.29, 1.82) is 0 Å². The summed E-state index contributed by atoms with van der Waals surface area (Å²) < 4.78 is 27.2. The zero-order valence-electron chi connectivity index (χ0n) is 11.7. The van der Waals surface area contributed by atoms with Gasteiger partial charge in [-0.15, -0.1) is 0 Å². The molecule has 1 aromatic carbocycles. The van der Waals surface area contributed by atoms with Crippen LogP contribution in [0.2, 0.25) is 0 Å². The fraction of sp³-hybridized carbons (Fsp3) is 0.600. The second-order valence-electron chi connectivity index (χ2n) is 5.94. The third-order valence-corrected chi connectivity index (χ3v) is 6.80. The molecule has 2 atom stereocenters. The van der Waals surface area contributed by atoms with Gasteiger partial charge in [-0.3, -0.25) is 0 Å². The molecule has 1 aromatic rings. The van der Waals surface area contributed by atoms with E-state index in [9.17, 15) is 8.42 Å². The average Bonchev–Trinajstić information content (AvgIpc) is 2.46. The Bertz CT molecular complexity index is 585. The maximum absolute atomic E-state index is 12.8. The highest BCUT2D eigenvalue weighted by Crippen LogP contribution is 2.28. The Labute approximate surface area is 121 Å². The van der Waals surface area contributed by atoms with E-state index < -0.39 is 10.0 Å². The molecule has 1 fully saturated rings. The maximum atomic E-state index is 12.8. The van der Waals surface area contributed by atoms with Crippen LogP contribution in [0.1, 0.15) is 30.4 Å². The first-order valence-electron chi connectivity index (χ1n) is 7.38. The van der Waals surface area contributed by atoms with Crippen LogP contribution in [0, 0.1) is 0 Å². The molecule has 0 amide bonds. The average molecular weight is 294 g/mol. The first kappa shape index (κ1) is 14.0. The molecule has 2 aliphatic rings. The number of nitrogens with zero attached hydrogens (tertiary/aromatic N) is 1. The van der Waals surface area contributed by atoms with E-state index in [-0.39, 0.29) is 11.3 Å². The molecular weight excluding hydrogens is 272 g/mol. The predicted octanol–water partition coefficient (Wildman–Crippen LogP) is 1.30. The van der Waals surface area contributed by atoms with Crippen molar-refractivity contribution in [1.82, 2.24) is 4.31 Å². The summed E-state index contributed by atoms with van der Waals surface area (Å²) in [4.78, 5) is 0. The Morgan fingerprint density at radius 1 is 1.15 bits per heavy atom. The molecule has 4 nitrogen and oxygen atoms in total. The van der Waals surface area contributed by atoms with Gasteiger partial charge in [-0.25, -0.2) is 12.7 Å². The molecule has 0 saturated carbocycles. The standard InChI is InChI=1S/C15H22N2O2S/c16-14-6-3-9-17(11-14)20(18,19)15-8-7-12-4-1-2-5-13(12)10-15/h1-2,4-5,14-15H,3,6-11,16H2. The van der Waals surface area contributed by atoms with Gasteiger partial charge in [0, 0.05) is 19.1 Å². The summed E-state index contributed by atoms with van der Waals surface area (Å²) in [7, 11) is -3.21. The minimum atomic E-state index is -3.21. The number of rotatable bonds is 2. The van der Waals surface area contributed by atoms with Gasteiger partial charge in [0.15, 0.2) is 0 Å². The lowest BCUT2D eigenvalue weighted by Gasteiger charge is -2.34. The van der Waals surface area contributed by atoms with Crippen LogP contribution in [0.3, 0.4) is 0 Å². The van der Waals surface area contributed by atoms with Crippen LogP contribution >= 0.6 is 0 Å². The summed E-state index contributed by atoms with van der Waals surface area (Å²) in [5.41, 5.74) is 8.41. The number of hydrogen-bond donors (Lipinski definition) is 1. The molecule has 3 rings (SSSR count). The summed E-state index contributed by atoms with van der Waals surface area (Å²) >= 11 is 0. The summed E-state index contributed by atoms with van der Waals surface area (Å²) in [6, 6.07) is 8.17. The van der Waals surface area contributed by atoms with Gasteiger partial charge < -0.3 is 5.73 Å². The molecule has 110 valence electrons. The SMILES string of the molecule is NC1CCCN(S(=O)(=O)C2CCc3ccccc3C2)C1. The summed E-state index contributed by atoms with van der Waals surface area (Å²) in [5.74, 6) is 0. The minimum absolute atomic E-state index is 0.00518. The molecule has 0 bridgehead atoms. The van der Waals surface area contributed by atoms with Gasteiger partial charge in [0.1, 0.15) is 0 Å². The predicted molar refractivity (Wildman–Crippen MR) is 80.0 cm³/mol. The highest BCUT2D eigenvalue weighted by molar-refractivity contribution is 7.89. The number of aryl methyl sites for hydroxylation is 1. The molecule has 1 heterocycles. The second kappa shape index (κ2) is 5.47. The van der Waals surface area contributed by atoms with Crippen LogP contribution in [-0.2, 0) is 22.9 Å². The number of piperidine rings is 1. The van der Waals surface area contributed by atoms with Crippen LogP contribution in [0.25, 0.3) is 0 Å². The van der Waals surface area contributed by atoms with Gasteiger partial charge in [0.25, 0.3) is 0 Å². The lowest BCUT2D eigenvalue weighted by Crippen LogP contribution is -2.49. The second-order valence-corrected chi connectivity index (χ2v) is 8.15. The van der Waals surface area contributed by atoms with Crippen LogP contribution in [0.15, 0.2) is 24.3 Å². The molecule has 20 heavy (non-hydrogen) atoms. The van der Waals surface area contributed by atoms with E-state index in [1.54, 1.807) is 4.31 Å². The van der Waals surface area contributed by atoms with E-state index in [0.29, 0.717) is 19.5 Å². The number of fused-ring (bicyclic) bond motifs is 1. The van der Waals surface area contributed by atoms with Crippen molar-refractivity contribution >= 4 is 10.0 Å². The Balaban J connectivity index is 1.79. The van der Waals surface area contributed by atoms with E-state index in [0.717, 1.165) is 25.7 Å². The molecule has 0 aromatic heterocycles. The number of benzene rings is 1. The molecule has 0 radical (unpaired) electrons. The van der Waals surface area contributed by atoms with Crippen molar-refractivity contribution in [3.8, 4) is 0 Å². The largest absolute Gasteiger partial charge is 0.327 e. The normalized spacial score (nSPS) is 28.1. The molecule has 5 heteroatoms. The molecule has 1 aliphatic carbocycles. The van der Waals surface area contributed by atoms with E-state index >= 15 is 0 Å². The Hall–Kier alpha value is -0.910. The van der Waals surface area contributed by atoms with Crippen LogP contribution in [0.5, 0.6) is 0 Å². The summed E-state index contributed by atoms with van der Waals surface area (Å²) in [6.07, 6.45) is 4.04. The fourth-order valence-electron chi connectivity index (χ4n) is 3.33. The van der Waals surface area contributed by atoms with Crippen molar-refractivity contribution in [3.63, 3.8) is 0 Å². The summed E-state index contributed by atoms with van der Waals surface area (Å²) in [6.45, 7) is 1.12. The smallest absolute Gasteiger partial charge is 0.217 e. The van der Waals surface area contributed by atoms with Crippen molar-refractivity contribution in [2.24, 2.45) is 5.73 Å². The van der Waals surface area contributed by atoms with Gasteiger partial charge in [0.2, 0.25) is 10.0 Å². The van der Waals surface area contributed by atoms with Crippen LogP contribution < -0.4 is 5.73 Å². The van der Waals surface area contributed by atoms with Gasteiger partial charge in [0.05, 0.1) is 5.25 Å². The monoisotopic (exact) mass is 294 g/mol. The topological polar surface area (TPSA) is 63.4 Å². The lowest BCUT2D eigenvalue weighted by atomic mass is 9.92. The highest BCUT2D eigenvalue weighted by Gasteiger charge is 2.36. The van der Waals surface area contributed by atoms with Crippen LogP contribution in [0.4, 0.5) is 0 Å². The lowest BCUT2D eigenvalue weighted by molar-refractivity contribution is 0.311. The molecule has 1 saturated heterocycles. The third-order valence-electron chi connectivity index (χ3n) is 4.50. The number of nitrogens with two attached hydrogens (primary N) is 1. The Kier molecular flexibility index (Phi) is 3.84. The highest BCUT2D eigenvalue weighted by atomic mass is 32.2. The molecular formula is C15H22N2O2S. The van der Waals surface area contributed by atoms with Gasteiger partial charge in [-0.05, 0) is 43.2 Å². The van der Waals surface area contributed by atoms with Gasteiger partial charge >= 0.3 is 0 Å². The molecule has 1 aliphatic heterocycles. The maximum Gasteiger partial charge on any atom is 0.217 e. The van der Waals surface area contributed by atoms with Crippen molar-refractivity contribution in [3.05, 3.63) is 35.4 Å². The number of hydrogen-bond acceptors (Lipinski definition) is 3. The summed E-state index contributed by atoms with van der Waals surface area (Å²) in [5, 5.41) is -0.275. The van der Waals surface area contributed by atoms with Crippen molar-refractivity contribution in [2.75, 3.05) is 13.1 Å². The number of sulfonamides is 1. The van der Waals surface area contributed by atoms with E-state index in [2.05, 4.69) is 12.1 Å². The van der Waals surface area contributed by atoms with Crippen molar-refractivity contribution < 1.29 is 8.42 Å². The fourth-order valence-corrected chi connectivity index (χ4v) is 5.34. The zero-order valence-corrected chi connectivity index (χ0v) is 12.5. The molecule has 2 unspecified atom stereocenters. The molecule has 0 spiro atoms. The quantitative estimate of drug-likeness (QED) is 0.894. The van der Waals surface area contributed by atoms with Crippen molar-refractivity contribution in [2.45, 2.75) is 43.4 Å². The van der Waals surface area contributed by atoms with E-state index in [1.807, 2.05) is 12.1 Å². The van der Waals surface area contributed by atoms with Crippen LogP contribution in [-0.4, -0.2) is 37.1 Å². The van der Waals surface area contributed by atoms with Gasteiger partial charge in [-0.2, -0.15) is 0 Å². The Morgan fingerprint density at radius 3 is 2.65 bits per heavy atom. The van der Waals surface area contributed by atoms with E-state index in [4.69, 9.17) is 5.73 Å². The van der Waals surface area contributed by atoms with Gasteiger partial charge in [-0.1, -0.05) is 24.3 Å². The zero-order chi connectivity index (χ0) is 14.2. The minimum Gasteiger partial charge on any atom is -0.327 e. The first-order valence-corrected chi connectivity index (χ1v) is 8.89. The Morgan fingerprint density at radius 2 is 1.90 bits per heavy atom. The first-order chi connectivity index (χ1) is 9.57. The molecule has 2 N–H and O–H groups in total.